The molecule has 1 N–H and O–H groups in total. The third-order valence-electron chi connectivity index (χ3n) is 4.82. The SMILES string of the molecule is COC(=O)c1ccccc1CS(=O)(=O)N1CCCC(N(C)CC(=O)O)CC1. The lowest BCUT2D eigenvalue weighted by Gasteiger charge is -2.25. The van der Waals surface area contributed by atoms with E-state index < -0.39 is 22.0 Å². The molecule has 27 heavy (non-hydrogen) atoms. The first-order valence-corrected chi connectivity index (χ1v) is 10.4. The number of carbonyl (C=O) groups is 2. The standard InChI is InChI=1S/C18H26N2O6S/c1-19(12-17(21)22)15-7-5-10-20(11-9-15)27(24,25)13-14-6-3-4-8-16(14)18(23)26-2/h3-4,6,8,15H,5,7,9-13H2,1-2H3,(H,21,22). The van der Waals surface area contributed by atoms with Crippen molar-refractivity contribution in [2.24, 2.45) is 0 Å². The largest absolute Gasteiger partial charge is 0.480 e. The van der Waals surface area contributed by atoms with Crippen molar-refractivity contribution in [3.05, 3.63) is 35.4 Å². The lowest BCUT2D eigenvalue weighted by Crippen LogP contribution is -2.37. The normalized spacial score (nSPS) is 18.9. The van der Waals surface area contributed by atoms with Crippen LogP contribution in [0.5, 0.6) is 0 Å². The summed E-state index contributed by atoms with van der Waals surface area (Å²) in [6, 6.07) is 6.55. The van der Waals surface area contributed by atoms with Gasteiger partial charge in [-0.1, -0.05) is 18.2 Å². The summed E-state index contributed by atoms with van der Waals surface area (Å²) in [6.45, 7) is 0.654. The molecule has 150 valence electrons. The number of aliphatic carboxylic acids is 1. The number of sulfonamides is 1. The Labute approximate surface area is 159 Å². The Kier molecular flexibility index (Phi) is 7.34. The third kappa shape index (κ3) is 5.75. The molecule has 1 heterocycles. The molecule has 0 aromatic heterocycles. The van der Waals surface area contributed by atoms with Crippen molar-refractivity contribution in [2.45, 2.75) is 31.1 Å². The molecule has 1 aromatic carbocycles. The number of ether oxygens (including phenoxy) is 1. The minimum atomic E-state index is -3.61. The van der Waals surface area contributed by atoms with E-state index in [9.17, 15) is 18.0 Å². The van der Waals surface area contributed by atoms with Crippen LogP contribution in [0.25, 0.3) is 0 Å². The molecule has 0 saturated carbocycles. The summed E-state index contributed by atoms with van der Waals surface area (Å²) >= 11 is 0. The highest BCUT2D eigenvalue weighted by molar-refractivity contribution is 7.88. The number of carbonyl (C=O) groups excluding carboxylic acids is 1. The lowest BCUT2D eigenvalue weighted by atomic mass is 10.1. The van der Waals surface area contributed by atoms with E-state index in [2.05, 4.69) is 0 Å². The number of hydrogen-bond acceptors (Lipinski definition) is 6. The number of carboxylic acids is 1. The monoisotopic (exact) mass is 398 g/mol. The molecule has 9 heteroatoms. The van der Waals surface area contributed by atoms with Crippen molar-refractivity contribution in [3.63, 3.8) is 0 Å². The minimum absolute atomic E-state index is 0.0312. The van der Waals surface area contributed by atoms with Crippen LogP contribution in [0.15, 0.2) is 24.3 Å². The van der Waals surface area contributed by atoms with Gasteiger partial charge in [-0.05, 0) is 37.9 Å². The topological polar surface area (TPSA) is 104 Å². The first-order chi connectivity index (χ1) is 12.7. The maximum atomic E-state index is 12.9. The zero-order valence-corrected chi connectivity index (χ0v) is 16.4. The number of nitrogens with zero attached hydrogens (tertiary/aromatic N) is 2. The van der Waals surface area contributed by atoms with Gasteiger partial charge in [0, 0.05) is 19.1 Å². The molecular weight excluding hydrogens is 372 g/mol. The Hall–Kier alpha value is -1.97. The van der Waals surface area contributed by atoms with E-state index in [0.717, 1.165) is 6.42 Å². The van der Waals surface area contributed by atoms with E-state index in [-0.39, 0.29) is 23.9 Å². The summed E-state index contributed by atoms with van der Waals surface area (Å²) in [4.78, 5) is 24.5. The molecule has 0 amide bonds. The van der Waals surface area contributed by atoms with E-state index in [1.165, 1.54) is 11.4 Å². The Balaban J connectivity index is 2.10. The molecular formula is C18H26N2O6S. The van der Waals surface area contributed by atoms with Gasteiger partial charge >= 0.3 is 11.9 Å². The van der Waals surface area contributed by atoms with E-state index in [1.54, 1.807) is 36.2 Å². The van der Waals surface area contributed by atoms with E-state index in [1.807, 2.05) is 0 Å². The molecule has 1 aliphatic rings. The van der Waals surface area contributed by atoms with E-state index in [4.69, 9.17) is 9.84 Å². The molecule has 0 bridgehead atoms. The minimum Gasteiger partial charge on any atom is -0.480 e. The summed E-state index contributed by atoms with van der Waals surface area (Å²) in [7, 11) is -0.600. The smallest absolute Gasteiger partial charge is 0.338 e. The van der Waals surface area contributed by atoms with Crippen LogP contribution in [0, 0.1) is 0 Å². The molecule has 0 spiro atoms. The van der Waals surface area contributed by atoms with Crippen LogP contribution in [0.1, 0.15) is 35.2 Å². The van der Waals surface area contributed by atoms with Gasteiger partial charge in [0.05, 0.1) is 25.0 Å². The average Bonchev–Trinajstić information content (AvgIpc) is 2.87. The fraction of sp³-hybridized carbons (Fsp3) is 0.556. The van der Waals surface area contributed by atoms with Crippen LogP contribution < -0.4 is 0 Å². The van der Waals surface area contributed by atoms with E-state index in [0.29, 0.717) is 31.5 Å². The second-order valence-electron chi connectivity index (χ2n) is 6.70. The van der Waals surface area contributed by atoms with Gasteiger partial charge in [0.25, 0.3) is 0 Å². The number of esters is 1. The van der Waals surface area contributed by atoms with Crippen molar-refractivity contribution in [3.8, 4) is 0 Å². The Morgan fingerprint density at radius 3 is 2.63 bits per heavy atom. The molecule has 1 atom stereocenters. The first kappa shape index (κ1) is 21.3. The summed E-state index contributed by atoms with van der Waals surface area (Å²) in [6.07, 6.45) is 1.97. The van der Waals surface area contributed by atoms with Crippen molar-refractivity contribution < 1.29 is 27.9 Å². The van der Waals surface area contributed by atoms with Crippen molar-refractivity contribution in [1.82, 2.24) is 9.21 Å². The van der Waals surface area contributed by atoms with Gasteiger partial charge in [-0.2, -0.15) is 0 Å². The maximum Gasteiger partial charge on any atom is 0.338 e. The summed E-state index contributed by atoms with van der Waals surface area (Å²) in [5.74, 6) is -1.73. The zero-order chi connectivity index (χ0) is 20.0. The molecule has 1 saturated heterocycles. The number of hydrogen-bond donors (Lipinski definition) is 1. The summed E-state index contributed by atoms with van der Waals surface area (Å²) < 4.78 is 32.0. The van der Waals surface area contributed by atoms with Gasteiger partial charge in [-0.15, -0.1) is 0 Å². The number of likely N-dealkylation sites (N-methyl/N-ethyl adjacent to an activating group) is 1. The summed E-state index contributed by atoms with van der Waals surface area (Å²) in [5, 5.41) is 8.94. The molecule has 2 rings (SSSR count). The van der Waals surface area contributed by atoms with E-state index >= 15 is 0 Å². The second-order valence-corrected chi connectivity index (χ2v) is 8.67. The Bertz CT molecular complexity index is 780. The van der Waals surface area contributed by atoms with Crippen LogP contribution in [0.4, 0.5) is 0 Å². The number of methoxy groups -OCH3 is 1. The van der Waals surface area contributed by atoms with Gasteiger partial charge in [0.2, 0.25) is 10.0 Å². The highest BCUT2D eigenvalue weighted by Gasteiger charge is 2.29. The molecule has 0 aliphatic carbocycles. The average molecular weight is 398 g/mol. The number of benzene rings is 1. The Morgan fingerprint density at radius 2 is 1.96 bits per heavy atom. The van der Waals surface area contributed by atoms with Crippen LogP contribution >= 0.6 is 0 Å². The molecule has 1 aromatic rings. The van der Waals surface area contributed by atoms with Gasteiger partial charge in [-0.25, -0.2) is 17.5 Å². The highest BCUT2D eigenvalue weighted by atomic mass is 32.2. The summed E-state index contributed by atoms with van der Waals surface area (Å²) in [5.41, 5.74) is 0.658. The highest BCUT2D eigenvalue weighted by Crippen LogP contribution is 2.21. The molecule has 1 fully saturated rings. The molecule has 0 radical (unpaired) electrons. The Morgan fingerprint density at radius 1 is 1.26 bits per heavy atom. The quantitative estimate of drug-likeness (QED) is 0.688. The van der Waals surface area contributed by atoms with Crippen molar-refractivity contribution in [2.75, 3.05) is 33.8 Å². The van der Waals surface area contributed by atoms with Gasteiger partial charge in [0.15, 0.2) is 0 Å². The number of rotatable bonds is 7. The van der Waals surface area contributed by atoms with Crippen molar-refractivity contribution in [1.29, 1.82) is 0 Å². The fourth-order valence-corrected chi connectivity index (χ4v) is 4.98. The van der Waals surface area contributed by atoms with Gasteiger partial charge < -0.3 is 9.84 Å². The zero-order valence-electron chi connectivity index (χ0n) is 15.6. The second kappa shape index (κ2) is 9.29. The third-order valence-corrected chi connectivity index (χ3v) is 6.65. The van der Waals surface area contributed by atoms with Crippen molar-refractivity contribution >= 4 is 22.0 Å². The van der Waals surface area contributed by atoms with Crippen LogP contribution in [-0.2, 0) is 25.3 Å². The van der Waals surface area contributed by atoms with Crippen LogP contribution in [0.3, 0.4) is 0 Å². The molecule has 1 aliphatic heterocycles. The number of carboxylic acid groups (broad SMARTS) is 1. The van der Waals surface area contributed by atoms with Crippen LogP contribution in [-0.4, -0.2) is 74.5 Å². The molecule has 8 nitrogen and oxygen atoms in total. The predicted molar refractivity (Wildman–Crippen MR) is 99.9 cm³/mol. The molecule has 1 unspecified atom stereocenters. The first-order valence-electron chi connectivity index (χ1n) is 8.80. The predicted octanol–water partition coefficient (Wildman–Crippen LogP) is 1.17. The van der Waals surface area contributed by atoms with Crippen LogP contribution in [0.2, 0.25) is 0 Å². The fourth-order valence-electron chi connectivity index (χ4n) is 3.36. The van der Waals surface area contributed by atoms with Gasteiger partial charge in [-0.3, -0.25) is 9.69 Å². The maximum absolute atomic E-state index is 12.9. The lowest BCUT2D eigenvalue weighted by molar-refractivity contribution is -0.138. The van der Waals surface area contributed by atoms with Gasteiger partial charge in [0.1, 0.15) is 0 Å².